The number of esters is 1. The molecule has 7 heteroatoms. The zero-order chi connectivity index (χ0) is 18.8. The SMILES string of the molecule is CC(OC(=O)c1nn(C)c(=O)c2ccccc12)C(=O)c1cccc(Cl)c1. The molecule has 1 unspecified atom stereocenters. The van der Waals surface area contributed by atoms with Crippen molar-refractivity contribution in [3.05, 3.63) is 75.2 Å². The van der Waals surface area contributed by atoms with E-state index in [0.717, 1.165) is 4.68 Å². The van der Waals surface area contributed by atoms with Crippen molar-refractivity contribution >= 4 is 34.1 Å². The first kappa shape index (κ1) is 17.8. The fraction of sp³-hybridized carbons (Fsp3) is 0.158. The van der Waals surface area contributed by atoms with E-state index >= 15 is 0 Å². The zero-order valence-electron chi connectivity index (χ0n) is 14.1. The van der Waals surface area contributed by atoms with E-state index < -0.39 is 12.1 Å². The van der Waals surface area contributed by atoms with E-state index in [4.69, 9.17) is 16.3 Å². The largest absolute Gasteiger partial charge is 0.449 e. The summed E-state index contributed by atoms with van der Waals surface area (Å²) in [5.41, 5.74) is 0.00438. The summed E-state index contributed by atoms with van der Waals surface area (Å²) in [6.07, 6.45) is -1.03. The summed E-state index contributed by atoms with van der Waals surface area (Å²) in [6, 6.07) is 13.0. The van der Waals surface area contributed by atoms with E-state index in [1.165, 1.54) is 20.0 Å². The van der Waals surface area contributed by atoms with Crippen molar-refractivity contribution in [1.82, 2.24) is 9.78 Å². The molecule has 0 radical (unpaired) electrons. The summed E-state index contributed by atoms with van der Waals surface area (Å²) in [5, 5.41) is 5.14. The first-order valence-corrected chi connectivity index (χ1v) is 8.23. The average molecular weight is 371 g/mol. The number of aryl methyl sites for hydroxylation is 1. The predicted octanol–water partition coefficient (Wildman–Crippen LogP) is 3.02. The molecule has 0 aliphatic carbocycles. The molecular weight excluding hydrogens is 356 g/mol. The molecule has 0 aliphatic rings. The quantitative estimate of drug-likeness (QED) is 0.521. The topological polar surface area (TPSA) is 78.3 Å². The fourth-order valence-electron chi connectivity index (χ4n) is 2.60. The molecule has 6 nitrogen and oxygen atoms in total. The highest BCUT2D eigenvalue weighted by molar-refractivity contribution is 6.31. The van der Waals surface area contributed by atoms with Crippen molar-refractivity contribution in [1.29, 1.82) is 0 Å². The lowest BCUT2D eigenvalue weighted by molar-refractivity contribution is 0.0313. The molecule has 0 spiro atoms. The highest BCUT2D eigenvalue weighted by Crippen LogP contribution is 2.17. The first-order valence-electron chi connectivity index (χ1n) is 7.85. The van der Waals surface area contributed by atoms with E-state index in [1.807, 2.05) is 0 Å². The molecule has 132 valence electrons. The van der Waals surface area contributed by atoms with Gasteiger partial charge >= 0.3 is 5.97 Å². The van der Waals surface area contributed by atoms with Crippen molar-refractivity contribution in [2.45, 2.75) is 13.0 Å². The van der Waals surface area contributed by atoms with Crippen molar-refractivity contribution in [3.8, 4) is 0 Å². The van der Waals surface area contributed by atoms with E-state index in [9.17, 15) is 14.4 Å². The Balaban J connectivity index is 1.91. The van der Waals surface area contributed by atoms with Crippen LogP contribution in [0.4, 0.5) is 0 Å². The molecule has 1 atom stereocenters. The number of carbonyl (C=O) groups is 2. The zero-order valence-corrected chi connectivity index (χ0v) is 14.9. The van der Waals surface area contributed by atoms with E-state index in [1.54, 1.807) is 42.5 Å². The van der Waals surface area contributed by atoms with Crippen LogP contribution in [0.3, 0.4) is 0 Å². The maximum Gasteiger partial charge on any atom is 0.360 e. The molecule has 0 N–H and O–H groups in total. The van der Waals surface area contributed by atoms with Crippen LogP contribution in [0.1, 0.15) is 27.8 Å². The molecule has 3 aromatic rings. The third-order valence-corrected chi connectivity index (χ3v) is 4.15. The Kier molecular flexibility index (Phi) is 4.86. The minimum atomic E-state index is -1.03. The van der Waals surface area contributed by atoms with Crippen LogP contribution >= 0.6 is 11.6 Å². The number of nitrogens with zero attached hydrogens (tertiary/aromatic N) is 2. The Morgan fingerprint density at radius 3 is 2.50 bits per heavy atom. The van der Waals surface area contributed by atoms with Gasteiger partial charge in [0.05, 0.1) is 5.39 Å². The lowest BCUT2D eigenvalue weighted by Crippen LogP contribution is -2.28. The molecule has 1 aromatic heterocycles. The smallest absolute Gasteiger partial charge is 0.360 e. The summed E-state index contributed by atoms with van der Waals surface area (Å²) in [7, 11) is 1.45. The number of aromatic nitrogens is 2. The third-order valence-electron chi connectivity index (χ3n) is 3.91. The van der Waals surface area contributed by atoms with Crippen LogP contribution in [-0.4, -0.2) is 27.6 Å². The molecule has 0 saturated heterocycles. The lowest BCUT2D eigenvalue weighted by Gasteiger charge is -2.13. The normalized spacial score (nSPS) is 12.0. The van der Waals surface area contributed by atoms with Gasteiger partial charge in [-0.05, 0) is 25.1 Å². The number of benzene rings is 2. The van der Waals surface area contributed by atoms with E-state index in [2.05, 4.69) is 5.10 Å². The number of rotatable bonds is 4. The molecular formula is C19H15ClN2O4. The van der Waals surface area contributed by atoms with Gasteiger partial charge in [-0.1, -0.05) is 41.9 Å². The van der Waals surface area contributed by atoms with Gasteiger partial charge in [0.2, 0.25) is 5.78 Å². The Bertz CT molecular complexity index is 1070. The molecule has 2 aromatic carbocycles. The summed E-state index contributed by atoms with van der Waals surface area (Å²) in [4.78, 5) is 37.1. The van der Waals surface area contributed by atoms with Gasteiger partial charge in [0, 0.05) is 23.0 Å². The highest BCUT2D eigenvalue weighted by Gasteiger charge is 2.23. The highest BCUT2D eigenvalue weighted by atomic mass is 35.5. The molecule has 0 fully saturated rings. The van der Waals surface area contributed by atoms with Crippen LogP contribution in [0.5, 0.6) is 0 Å². The molecule has 3 rings (SSSR count). The number of ether oxygens (including phenoxy) is 1. The number of Topliss-reactive ketones (excluding diaryl/α,β-unsaturated/α-hetero) is 1. The summed E-state index contributed by atoms with van der Waals surface area (Å²) >= 11 is 5.89. The number of carbonyl (C=O) groups excluding carboxylic acids is 2. The Labute approximate surface area is 154 Å². The van der Waals surface area contributed by atoms with Crippen molar-refractivity contribution in [3.63, 3.8) is 0 Å². The number of hydrogen-bond acceptors (Lipinski definition) is 5. The second kappa shape index (κ2) is 7.09. The summed E-state index contributed by atoms with van der Waals surface area (Å²) in [6.45, 7) is 1.48. The lowest BCUT2D eigenvalue weighted by atomic mass is 10.1. The van der Waals surface area contributed by atoms with Gasteiger partial charge in [0.1, 0.15) is 0 Å². The van der Waals surface area contributed by atoms with Gasteiger partial charge in [-0.25, -0.2) is 9.48 Å². The van der Waals surface area contributed by atoms with Crippen LogP contribution in [-0.2, 0) is 11.8 Å². The number of halogens is 1. The number of fused-ring (bicyclic) bond motifs is 1. The number of ketones is 1. The average Bonchev–Trinajstić information content (AvgIpc) is 2.64. The van der Waals surface area contributed by atoms with Crippen LogP contribution in [0.2, 0.25) is 5.02 Å². The maximum atomic E-state index is 12.6. The maximum absolute atomic E-state index is 12.6. The van der Waals surface area contributed by atoms with Crippen LogP contribution < -0.4 is 5.56 Å². The minimum Gasteiger partial charge on any atom is -0.449 e. The summed E-state index contributed by atoms with van der Waals surface area (Å²) in [5.74, 6) is -1.16. The van der Waals surface area contributed by atoms with Crippen molar-refractivity contribution < 1.29 is 14.3 Å². The Morgan fingerprint density at radius 1 is 1.12 bits per heavy atom. The van der Waals surface area contributed by atoms with Gasteiger partial charge in [0.25, 0.3) is 5.56 Å². The van der Waals surface area contributed by atoms with Gasteiger partial charge in [-0.3, -0.25) is 9.59 Å². The molecule has 26 heavy (non-hydrogen) atoms. The van der Waals surface area contributed by atoms with Crippen LogP contribution in [0.15, 0.2) is 53.3 Å². The predicted molar refractivity (Wildman–Crippen MR) is 97.6 cm³/mol. The van der Waals surface area contributed by atoms with Crippen LogP contribution in [0.25, 0.3) is 10.8 Å². The Hall–Kier alpha value is -2.99. The summed E-state index contributed by atoms with van der Waals surface area (Å²) < 4.78 is 6.36. The van der Waals surface area contributed by atoms with Gasteiger partial charge in [-0.2, -0.15) is 5.10 Å². The second-order valence-corrected chi connectivity index (χ2v) is 6.18. The molecule has 0 saturated carbocycles. The second-order valence-electron chi connectivity index (χ2n) is 5.75. The van der Waals surface area contributed by atoms with E-state index in [-0.39, 0.29) is 17.0 Å². The first-order chi connectivity index (χ1) is 12.4. The Morgan fingerprint density at radius 2 is 1.81 bits per heavy atom. The third kappa shape index (κ3) is 3.36. The minimum absolute atomic E-state index is 0.0200. The standard InChI is InChI=1S/C19H15ClN2O4/c1-11(17(23)12-6-5-7-13(20)10-12)26-19(25)16-14-8-3-4-9-15(14)18(24)22(2)21-16/h3-11H,1-2H3. The van der Waals surface area contributed by atoms with Crippen molar-refractivity contribution in [2.75, 3.05) is 0 Å². The fourth-order valence-corrected chi connectivity index (χ4v) is 2.79. The molecule has 1 heterocycles. The van der Waals surface area contributed by atoms with Crippen LogP contribution in [0, 0.1) is 0 Å². The van der Waals surface area contributed by atoms with Gasteiger partial charge in [-0.15, -0.1) is 0 Å². The molecule has 0 amide bonds. The molecule has 0 aliphatic heterocycles. The molecule has 0 bridgehead atoms. The van der Waals surface area contributed by atoms with Gasteiger partial charge < -0.3 is 4.74 Å². The number of hydrogen-bond donors (Lipinski definition) is 0. The monoisotopic (exact) mass is 370 g/mol. The van der Waals surface area contributed by atoms with Crippen molar-refractivity contribution in [2.24, 2.45) is 7.05 Å². The van der Waals surface area contributed by atoms with E-state index in [0.29, 0.717) is 21.4 Å². The van der Waals surface area contributed by atoms with Gasteiger partial charge in [0.15, 0.2) is 11.8 Å².